The number of rotatable bonds is 14. The van der Waals surface area contributed by atoms with Gasteiger partial charge in [0.2, 0.25) is 12.7 Å². The van der Waals surface area contributed by atoms with Gasteiger partial charge in [-0.2, -0.15) is 0 Å². The smallest absolute Gasteiger partial charge is 0.308 e. The summed E-state index contributed by atoms with van der Waals surface area (Å²) in [4.78, 5) is 30.4. The van der Waals surface area contributed by atoms with Crippen molar-refractivity contribution < 1.29 is 24.2 Å². The van der Waals surface area contributed by atoms with Crippen molar-refractivity contribution in [3.8, 4) is 11.5 Å². The zero-order chi connectivity index (χ0) is 26.9. The highest BCUT2D eigenvalue weighted by Crippen LogP contribution is 2.43. The Hall–Kier alpha value is -3.06. The number of carbonyl (C=O) groups excluding carboxylic acids is 1. The number of carboxylic acid groups (broad SMARTS) is 1. The monoisotopic (exact) mass is 522 g/mol. The van der Waals surface area contributed by atoms with Crippen LogP contribution >= 0.6 is 0 Å². The molecule has 0 radical (unpaired) electrons. The molecule has 1 N–H and O–H groups in total. The summed E-state index contributed by atoms with van der Waals surface area (Å²) < 4.78 is 11.1. The number of nitrogens with zero attached hydrogens (tertiary/aromatic N) is 2. The molecule has 2 aliphatic heterocycles. The Morgan fingerprint density at radius 1 is 0.974 bits per heavy atom. The number of unbranched alkanes of at least 4 members (excludes halogenated alkanes) is 2. The van der Waals surface area contributed by atoms with Crippen molar-refractivity contribution in [2.75, 3.05) is 33.0 Å². The molecule has 0 spiro atoms. The standard InChI is InChI=1S/C31H42N2O5/c1-3-5-17-32(18-6-4-2)29(34)21-33-20-25(24-15-16-27-28(19-24)38-22-37-27)30(31(35)36)26(33)14-10-13-23-11-8-7-9-12-23/h7-9,11-12,15-16,19,25-26,30H,3-6,10,13-14,17-18,20-22H2,1-2H3,(H,35,36)/t25-,26-,30+/m1/s1. The second-order valence-electron chi connectivity index (χ2n) is 10.5. The molecular weight excluding hydrogens is 480 g/mol. The van der Waals surface area contributed by atoms with Crippen LogP contribution in [0.4, 0.5) is 0 Å². The average Bonchev–Trinajstić information content (AvgIpc) is 3.53. The molecule has 0 aliphatic carbocycles. The topological polar surface area (TPSA) is 79.3 Å². The quantitative estimate of drug-likeness (QED) is 0.361. The molecule has 1 fully saturated rings. The Bertz CT molecular complexity index is 1050. The van der Waals surface area contributed by atoms with Gasteiger partial charge in [0.05, 0.1) is 12.5 Å². The van der Waals surface area contributed by atoms with Crippen LogP contribution in [0.5, 0.6) is 11.5 Å². The number of aliphatic carboxylic acids is 1. The van der Waals surface area contributed by atoms with E-state index < -0.39 is 11.9 Å². The maximum atomic E-state index is 13.5. The first-order valence-electron chi connectivity index (χ1n) is 14.2. The highest BCUT2D eigenvalue weighted by Gasteiger charge is 2.47. The lowest BCUT2D eigenvalue weighted by molar-refractivity contribution is -0.143. The van der Waals surface area contributed by atoms with Crippen LogP contribution in [0.2, 0.25) is 0 Å². The third kappa shape index (κ3) is 6.87. The number of benzene rings is 2. The van der Waals surface area contributed by atoms with Gasteiger partial charge in [-0.05, 0) is 55.4 Å². The Balaban J connectivity index is 1.55. The molecule has 0 bridgehead atoms. The normalized spacial score (nSPS) is 20.5. The first-order valence-corrected chi connectivity index (χ1v) is 14.2. The number of hydrogen-bond acceptors (Lipinski definition) is 5. The molecule has 206 valence electrons. The van der Waals surface area contributed by atoms with Crippen molar-refractivity contribution in [1.29, 1.82) is 0 Å². The summed E-state index contributed by atoms with van der Waals surface area (Å²) in [5.74, 6) is -0.175. The summed E-state index contributed by atoms with van der Waals surface area (Å²) in [6.07, 6.45) is 6.51. The van der Waals surface area contributed by atoms with Crippen LogP contribution < -0.4 is 9.47 Å². The third-order valence-electron chi connectivity index (χ3n) is 7.92. The largest absolute Gasteiger partial charge is 0.481 e. The predicted molar refractivity (Wildman–Crippen MR) is 148 cm³/mol. The summed E-state index contributed by atoms with van der Waals surface area (Å²) >= 11 is 0. The summed E-state index contributed by atoms with van der Waals surface area (Å²) in [6.45, 7) is 6.77. The Kier molecular flexibility index (Phi) is 10.0. The molecule has 0 unspecified atom stereocenters. The molecular formula is C31H42N2O5. The molecule has 1 amide bonds. The van der Waals surface area contributed by atoms with E-state index in [2.05, 4.69) is 30.9 Å². The Labute approximate surface area is 226 Å². The second-order valence-corrected chi connectivity index (χ2v) is 10.5. The maximum absolute atomic E-state index is 13.5. The molecule has 38 heavy (non-hydrogen) atoms. The van der Waals surface area contributed by atoms with Crippen molar-refractivity contribution in [1.82, 2.24) is 9.80 Å². The van der Waals surface area contributed by atoms with Gasteiger partial charge >= 0.3 is 5.97 Å². The molecule has 2 aliphatic rings. The molecule has 7 nitrogen and oxygen atoms in total. The van der Waals surface area contributed by atoms with Gasteiger partial charge in [0.25, 0.3) is 0 Å². The van der Waals surface area contributed by atoms with Crippen LogP contribution in [0.25, 0.3) is 0 Å². The minimum absolute atomic E-state index is 0.107. The lowest BCUT2D eigenvalue weighted by Crippen LogP contribution is -2.44. The molecule has 3 atom stereocenters. The van der Waals surface area contributed by atoms with Gasteiger partial charge in [0.15, 0.2) is 11.5 Å². The third-order valence-corrected chi connectivity index (χ3v) is 7.92. The van der Waals surface area contributed by atoms with Crippen molar-refractivity contribution in [2.24, 2.45) is 5.92 Å². The van der Waals surface area contributed by atoms with Crippen LogP contribution in [-0.2, 0) is 16.0 Å². The molecule has 0 saturated carbocycles. The summed E-state index contributed by atoms with van der Waals surface area (Å²) in [6, 6.07) is 15.8. The van der Waals surface area contributed by atoms with E-state index in [4.69, 9.17) is 9.47 Å². The number of fused-ring (bicyclic) bond motifs is 1. The maximum Gasteiger partial charge on any atom is 0.308 e. The summed E-state index contributed by atoms with van der Waals surface area (Å²) in [7, 11) is 0. The van der Waals surface area contributed by atoms with Gasteiger partial charge in [-0.15, -0.1) is 0 Å². The van der Waals surface area contributed by atoms with E-state index in [1.165, 1.54) is 5.56 Å². The molecule has 0 aromatic heterocycles. The zero-order valence-corrected chi connectivity index (χ0v) is 22.8. The van der Waals surface area contributed by atoms with Crippen LogP contribution in [0.3, 0.4) is 0 Å². The van der Waals surface area contributed by atoms with E-state index >= 15 is 0 Å². The lowest BCUT2D eigenvalue weighted by atomic mass is 9.83. The molecule has 2 aromatic rings. The molecule has 4 rings (SSSR count). The number of carbonyl (C=O) groups is 2. The van der Waals surface area contributed by atoms with Gasteiger partial charge < -0.3 is 19.5 Å². The average molecular weight is 523 g/mol. The zero-order valence-electron chi connectivity index (χ0n) is 22.8. The Morgan fingerprint density at radius 2 is 1.68 bits per heavy atom. The number of aryl methyl sites for hydroxylation is 1. The van der Waals surface area contributed by atoms with E-state index in [9.17, 15) is 14.7 Å². The van der Waals surface area contributed by atoms with E-state index in [0.717, 1.165) is 63.6 Å². The predicted octanol–water partition coefficient (Wildman–Crippen LogP) is 5.34. The van der Waals surface area contributed by atoms with E-state index in [0.29, 0.717) is 18.0 Å². The van der Waals surface area contributed by atoms with Crippen molar-refractivity contribution in [3.63, 3.8) is 0 Å². The van der Waals surface area contributed by atoms with Gasteiger partial charge in [0.1, 0.15) is 0 Å². The van der Waals surface area contributed by atoms with Gasteiger partial charge in [-0.1, -0.05) is 63.1 Å². The van der Waals surface area contributed by atoms with Crippen LogP contribution in [0.15, 0.2) is 48.5 Å². The first-order chi connectivity index (χ1) is 18.5. The molecule has 7 heteroatoms. The number of ether oxygens (including phenoxy) is 2. The number of carboxylic acids is 1. The fourth-order valence-corrected chi connectivity index (χ4v) is 5.83. The lowest BCUT2D eigenvalue weighted by Gasteiger charge is -2.30. The first kappa shape index (κ1) is 28.0. The minimum atomic E-state index is -0.804. The minimum Gasteiger partial charge on any atom is -0.481 e. The highest BCUT2D eigenvalue weighted by molar-refractivity contribution is 5.79. The fraction of sp³-hybridized carbons (Fsp3) is 0.548. The van der Waals surface area contributed by atoms with E-state index in [1.807, 2.05) is 41.3 Å². The fourth-order valence-electron chi connectivity index (χ4n) is 5.83. The van der Waals surface area contributed by atoms with Crippen LogP contribution in [-0.4, -0.2) is 65.8 Å². The number of likely N-dealkylation sites (tertiary alicyclic amines) is 1. The van der Waals surface area contributed by atoms with Crippen molar-refractivity contribution in [3.05, 3.63) is 59.7 Å². The van der Waals surface area contributed by atoms with Crippen LogP contribution in [0, 0.1) is 5.92 Å². The van der Waals surface area contributed by atoms with Crippen molar-refractivity contribution in [2.45, 2.75) is 70.8 Å². The Morgan fingerprint density at radius 3 is 2.37 bits per heavy atom. The summed E-state index contributed by atoms with van der Waals surface area (Å²) in [5, 5.41) is 10.4. The molecule has 1 saturated heterocycles. The number of hydrogen-bond donors (Lipinski definition) is 1. The SMILES string of the molecule is CCCCN(CCCC)C(=O)CN1C[C@H](c2ccc3c(c2)OCO3)[C@H](C(=O)O)[C@H]1CCCc1ccccc1. The van der Waals surface area contributed by atoms with Crippen LogP contribution in [0.1, 0.15) is 69.4 Å². The summed E-state index contributed by atoms with van der Waals surface area (Å²) in [5.41, 5.74) is 2.18. The second kappa shape index (κ2) is 13.7. The molecule has 2 heterocycles. The van der Waals surface area contributed by atoms with E-state index in [1.54, 1.807) is 0 Å². The number of amides is 1. The van der Waals surface area contributed by atoms with Gasteiger partial charge in [0, 0.05) is 31.6 Å². The highest BCUT2D eigenvalue weighted by atomic mass is 16.7. The van der Waals surface area contributed by atoms with Gasteiger partial charge in [-0.25, -0.2) is 0 Å². The molecule has 2 aromatic carbocycles. The van der Waals surface area contributed by atoms with Crippen molar-refractivity contribution >= 4 is 11.9 Å². The van der Waals surface area contributed by atoms with Gasteiger partial charge in [-0.3, -0.25) is 14.5 Å². The van der Waals surface area contributed by atoms with E-state index in [-0.39, 0.29) is 31.2 Å².